The van der Waals surface area contributed by atoms with Crippen molar-refractivity contribution in [3.63, 3.8) is 0 Å². The number of ether oxygens (including phenoxy) is 1. The van der Waals surface area contributed by atoms with Gasteiger partial charge in [0.25, 0.3) is 0 Å². The van der Waals surface area contributed by atoms with Gasteiger partial charge in [0.05, 0.1) is 12.8 Å². The van der Waals surface area contributed by atoms with Gasteiger partial charge in [-0.1, -0.05) is 0 Å². The number of hydrogen-bond donors (Lipinski definition) is 0. The van der Waals surface area contributed by atoms with E-state index in [2.05, 4.69) is 32.8 Å². The van der Waals surface area contributed by atoms with Crippen LogP contribution in [0.25, 0.3) is 0 Å². The Labute approximate surface area is 142 Å². The predicted octanol–water partition coefficient (Wildman–Crippen LogP) is 2.75. The van der Waals surface area contributed by atoms with E-state index in [-0.39, 0.29) is 0 Å². The highest BCUT2D eigenvalue weighted by atomic mass is 16.5. The quantitative estimate of drug-likeness (QED) is 0.842. The molecule has 6 nitrogen and oxygen atoms in total. The number of aryl methyl sites for hydroxylation is 1. The largest absolute Gasteiger partial charge is 0.476 e. The summed E-state index contributed by atoms with van der Waals surface area (Å²) < 4.78 is 5.79. The van der Waals surface area contributed by atoms with Crippen molar-refractivity contribution in [2.24, 2.45) is 5.92 Å². The van der Waals surface area contributed by atoms with Crippen molar-refractivity contribution in [1.82, 2.24) is 19.9 Å². The van der Waals surface area contributed by atoms with Crippen LogP contribution in [-0.2, 0) is 0 Å². The lowest BCUT2D eigenvalue weighted by molar-refractivity contribution is 0.220. The van der Waals surface area contributed by atoms with Crippen LogP contribution in [-0.4, -0.2) is 39.6 Å². The minimum Gasteiger partial charge on any atom is -0.476 e. The zero-order valence-electron chi connectivity index (χ0n) is 14.1. The fourth-order valence-corrected chi connectivity index (χ4v) is 3.23. The van der Waals surface area contributed by atoms with Crippen LogP contribution in [0.4, 0.5) is 5.82 Å². The molecule has 0 aromatic carbocycles. The number of nitrogens with zero attached hydrogens (tertiary/aromatic N) is 5. The second kappa shape index (κ2) is 6.71. The molecule has 0 bridgehead atoms. The molecule has 4 rings (SSSR count). The monoisotopic (exact) mass is 325 g/mol. The normalized spacial score (nSPS) is 20.9. The number of aromatic nitrogens is 4. The third-order valence-corrected chi connectivity index (χ3v) is 4.65. The van der Waals surface area contributed by atoms with Crippen molar-refractivity contribution in [2.75, 3.05) is 24.6 Å². The zero-order chi connectivity index (χ0) is 16.4. The third kappa shape index (κ3) is 3.63. The number of rotatable bonds is 5. The molecule has 6 heteroatoms. The summed E-state index contributed by atoms with van der Waals surface area (Å²) in [5.41, 5.74) is 1.07. The molecule has 1 saturated carbocycles. The summed E-state index contributed by atoms with van der Waals surface area (Å²) in [4.78, 5) is 20.0. The van der Waals surface area contributed by atoms with Crippen LogP contribution >= 0.6 is 0 Å². The van der Waals surface area contributed by atoms with Gasteiger partial charge in [-0.05, 0) is 32.6 Å². The molecule has 1 aliphatic heterocycles. The molecule has 0 N–H and O–H groups in total. The molecule has 126 valence electrons. The van der Waals surface area contributed by atoms with Crippen LogP contribution < -0.4 is 9.64 Å². The summed E-state index contributed by atoms with van der Waals surface area (Å²) in [7, 11) is 0. The van der Waals surface area contributed by atoms with E-state index in [1.807, 2.05) is 0 Å². The molecular weight excluding hydrogens is 302 g/mol. The summed E-state index contributed by atoms with van der Waals surface area (Å²) in [5, 5.41) is 0. The Bertz CT molecular complexity index is 689. The van der Waals surface area contributed by atoms with E-state index in [9.17, 15) is 0 Å². The smallest absolute Gasteiger partial charge is 0.232 e. The average Bonchev–Trinajstić information content (AvgIpc) is 3.46. The topological polar surface area (TPSA) is 64.0 Å². The SMILES string of the molecule is Cc1cc(N2CCCC(COc3cnccn3)C2)nc(C2CC2)n1. The minimum atomic E-state index is 0.486. The van der Waals surface area contributed by atoms with Crippen molar-refractivity contribution in [3.8, 4) is 5.88 Å². The van der Waals surface area contributed by atoms with E-state index in [1.165, 1.54) is 19.3 Å². The lowest BCUT2D eigenvalue weighted by Crippen LogP contribution is -2.38. The molecule has 0 spiro atoms. The molecule has 2 fully saturated rings. The Hall–Kier alpha value is -2.24. The Balaban J connectivity index is 1.41. The minimum absolute atomic E-state index is 0.486. The summed E-state index contributed by atoms with van der Waals surface area (Å²) in [6.45, 7) is 4.77. The Kier molecular flexibility index (Phi) is 4.28. The zero-order valence-corrected chi connectivity index (χ0v) is 14.1. The maximum atomic E-state index is 5.79. The summed E-state index contributed by atoms with van der Waals surface area (Å²) in [6.07, 6.45) is 9.79. The highest BCUT2D eigenvalue weighted by Crippen LogP contribution is 2.38. The Morgan fingerprint density at radius 2 is 2.12 bits per heavy atom. The predicted molar refractivity (Wildman–Crippen MR) is 91.2 cm³/mol. The van der Waals surface area contributed by atoms with Gasteiger partial charge in [-0.15, -0.1) is 0 Å². The van der Waals surface area contributed by atoms with Gasteiger partial charge in [0.1, 0.15) is 11.6 Å². The van der Waals surface area contributed by atoms with E-state index < -0.39 is 0 Å². The molecule has 2 aromatic rings. The van der Waals surface area contributed by atoms with Crippen LogP contribution in [0.3, 0.4) is 0 Å². The molecule has 24 heavy (non-hydrogen) atoms. The van der Waals surface area contributed by atoms with Gasteiger partial charge in [-0.2, -0.15) is 0 Å². The molecule has 3 heterocycles. The number of anilines is 1. The third-order valence-electron chi connectivity index (χ3n) is 4.65. The van der Waals surface area contributed by atoms with Crippen LogP contribution in [0.2, 0.25) is 0 Å². The molecule has 1 atom stereocenters. The lowest BCUT2D eigenvalue weighted by Gasteiger charge is -2.33. The van der Waals surface area contributed by atoms with Gasteiger partial charge in [0.2, 0.25) is 5.88 Å². The van der Waals surface area contributed by atoms with Crippen molar-refractivity contribution < 1.29 is 4.74 Å². The van der Waals surface area contributed by atoms with E-state index in [1.54, 1.807) is 18.6 Å². The number of hydrogen-bond acceptors (Lipinski definition) is 6. The van der Waals surface area contributed by atoms with Crippen molar-refractivity contribution in [3.05, 3.63) is 36.2 Å². The van der Waals surface area contributed by atoms with Crippen molar-refractivity contribution in [1.29, 1.82) is 0 Å². The fraction of sp³-hybridized carbons (Fsp3) is 0.556. The first-order valence-electron chi connectivity index (χ1n) is 8.77. The molecular formula is C18H23N5O. The second-order valence-corrected chi connectivity index (χ2v) is 6.81. The second-order valence-electron chi connectivity index (χ2n) is 6.81. The lowest BCUT2D eigenvalue weighted by atomic mass is 9.99. The van der Waals surface area contributed by atoms with E-state index in [4.69, 9.17) is 9.72 Å². The van der Waals surface area contributed by atoms with Crippen molar-refractivity contribution in [2.45, 2.75) is 38.5 Å². The Morgan fingerprint density at radius 1 is 1.21 bits per heavy atom. The summed E-state index contributed by atoms with van der Waals surface area (Å²) in [6, 6.07) is 2.11. The van der Waals surface area contributed by atoms with Gasteiger partial charge in [-0.25, -0.2) is 15.0 Å². The summed E-state index contributed by atoms with van der Waals surface area (Å²) in [5.74, 6) is 3.78. The van der Waals surface area contributed by atoms with Gasteiger partial charge >= 0.3 is 0 Å². The van der Waals surface area contributed by atoms with Crippen molar-refractivity contribution >= 4 is 5.82 Å². The van der Waals surface area contributed by atoms with Crippen LogP contribution in [0, 0.1) is 12.8 Å². The van der Waals surface area contributed by atoms with E-state index in [0.717, 1.165) is 36.8 Å². The van der Waals surface area contributed by atoms with Gasteiger partial charge < -0.3 is 9.64 Å². The highest BCUT2D eigenvalue weighted by Gasteiger charge is 2.28. The van der Waals surface area contributed by atoms with Gasteiger partial charge in [0, 0.05) is 49.1 Å². The van der Waals surface area contributed by atoms with E-state index in [0.29, 0.717) is 24.3 Å². The molecule has 2 aromatic heterocycles. The first kappa shape index (κ1) is 15.3. The van der Waals surface area contributed by atoms with Crippen LogP contribution in [0.1, 0.15) is 43.1 Å². The average molecular weight is 325 g/mol. The molecule has 2 aliphatic rings. The number of piperidine rings is 1. The molecule has 0 radical (unpaired) electrons. The molecule has 1 saturated heterocycles. The first-order valence-corrected chi connectivity index (χ1v) is 8.77. The van der Waals surface area contributed by atoms with Crippen LogP contribution in [0.15, 0.2) is 24.7 Å². The first-order chi connectivity index (χ1) is 11.8. The van der Waals surface area contributed by atoms with Gasteiger partial charge in [0.15, 0.2) is 0 Å². The van der Waals surface area contributed by atoms with E-state index >= 15 is 0 Å². The molecule has 1 unspecified atom stereocenters. The Morgan fingerprint density at radius 3 is 2.92 bits per heavy atom. The fourth-order valence-electron chi connectivity index (χ4n) is 3.23. The van der Waals surface area contributed by atoms with Crippen LogP contribution in [0.5, 0.6) is 5.88 Å². The molecule has 1 aliphatic carbocycles. The molecule has 0 amide bonds. The standard InChI is InChI=1S/C18H23N5O/c1-13-9-16(22-18(21-13)15-4-5-15)23-8-2-3-14(11-23)12-24-17-10-19-6-7-20-17/h6-7,9-10,14-15H,2-5,8,11-12H2,1H3. The van der Waals surface area contributed by atoms with Gasteiger partial charge in [-0.3, -0.25) is 4.98 Å². The maximum Gasteiger partial charge on any atom is 0.232 e. The summed E-state index contributed by atoms with van der Waals surface area (Å²) >= 11 is 0. The highest BCUT2D eigenvalue weighted by molar-refractivity contribution is 5.41. The maximum absolute atomic E-state index is 5.79.